The zero-order valence-corrected chi connectivity index (χ0v) is 41.7. The summed E-state index contributed by atoms with van der Waals surface area (Å²) >= 11 is 6.43. The Morgan fingerprint density at radius 1 is 0.833 bits per heavy atom. The van der Waals surface area contributed by atoms with Crippen LogP contribution in [0.15, 0.2) is 91.3 Å². The molecule has 3 aromatic heterocycles. The number of hydrogen-bond acceptors (Lipinski definition) is 11. The molecule has 374 valence electrons. The van der Waals surface area contributed by atoms with Gasteiger partial charge in [0, 0.05) is 99.2 Å². The van der Waals surface area contributed by atoms with Crippen molar-refractivity contribution in [3.8, 4) is 11.1 Å². The van der Waals surface area contributed by atoms with Crippen LogP contribution in [0, 0.1) is 5.82 Å². The molecule has 0 spiro atoms. The predicted molar refractivity (Wildman–Crippen MR) is 282 cm³/mol. The number of quaternary nitrogens is 1. The monoisotopic (exact) mass is 994 g/mol. The smallest absolute Gasteiger partial charge is 0.340 e. The van der Waals surface area contributed by atoms with Gasteiger partial charge in [0.1, 0.15) is 29.4 Å². The summed E-state index contributed by atoms with van der Waals surface area (Å²) in [7, 11) is 1.59. The number of rotatable bonds is 18. The van der Waals surface area contributed by atoms with E-state index in [0.29, 0.717) is 70.7 Å². The lowest BCUT2D eigenvalue weighted by atomic mass is 9.88. The first-order valence-electron chi connectivity index (χ1n) is 25.4. The normalized spacial score (nSPS) is 17.6. The van der Waals surface area contributed by atoms with Gasteiger partial charge in [0.05, 0.1) is 41.3 Å². The lowest BCUT2D eigenvalue weighted by Crippen LogP contribution is -2.65. The first-order chi connectivity index (χ1) is 35.1. The first kappa shape index (κ1) is 48.7. The Morgan fingerprint density at radius 3 is 2.40 bits per heavy atom. The van der Waals surface area contributed by atoms with Crippen LogP contribution < -0.4 is 30.8 Å². The SMILES string of the molecule is CCn1nc2c3c(cccc31)-c1cc3c(cnn3[N+]3(C(=O)CCC(=O)NCCCCCCCN4CCN(c5ccc(Nc6ncc(Cl)c(Nc7ccccc7C(=O)NC)n6)cc5)CC4)CCC2CC3)cc1F. The number of carbonyl (C=O) groups is 3. The lowest BCUT2D eigenvalue weighted by Gasteiger charge is -2.39. The van der Waals surface area contributed by atoms with Crippen LogP contribution in [-0.2, 0) is 16.1 Å². The largest absolute Gasteiger partial charge is 0.369 e. The molecule has 18 heteroatoms. The number of halogens is 2. The van der Waals surface area contributed by atoms with Crippen molar-refractivity contribution < 1.29 is 18.8 Å². The fourth-order valence-electron chi connectivity index (χ4n) is 10.8. The molecular weight excluding hydrogens is 933 g/mol. The third kappa shape index (κ3) is 9.97. The molecule has 72 heavy (non-hydrogen) atoms. The molecule has 4 N–H and O–H groups in total. The number of hydrogen-bond donors (Lipinski definition) is 4. The number of unbranched alkanes of at least 4 members (excludes halogenated alkanes) is 4. The van der Waals surface area contributed by atoms with Gasteiger partial charge in [0.15, 0.2) is 5.82 Å². The second kappa shape index (κ2) is 21.4. The van der Waals surface area contributed by atoms with E-state index in [0.717, 1.165) is 106 Å². The average Bonchev–Trinajstić information content (AvgIpc) is 4.01. The highest BCUT2D eigenvalue weighted by molar-refractivity contribution is 6.33. The van der Waals surface area contributed by atoms with E-state index in [1.165, 1.54) is 18.0 Å². The summed E-state index contributed by atoms with van der Waals surface area (Å²) in [5.41, 5.74) is 7.03. The lowest BCUT2D eigenvalue weighted by molar-refractivity contribution is -0.141. The average molecular weight is 996 g/mol. The molecule has 7 aromatic rings. The highest BCUT2D eigenvalue weighted by Crippen LogP contribution is 2.42. The Morgan fingerprint density at radius 2 is 1.61 bits per heavy atom. The minimum Gasteiger partial charge on any atom is -0.369 e. The van der Waals surface area contributed by atoms with E-state index in [1.54, 1.807) is 36.2 Å². The first-order valence-corrected chi connectivity index (χ1v) is 25.8. The Labute approximate surface area is 423 Å². The number of anilines is 5. The van der Waals surface area contributed by atoms with E-state index in [-0.39, 0.29) is 46.9 Å². The number of nitrogens with zero attached hydrogens (tertiary/aromatic N) is 9. The van der Waals surface area contributed by atoms with E-state index in [2.05, 4.69) is 66.2 Å². The number of aryl methyl sites for hydroxylation is 1. The number of piperazine rings is 1. The molecule has 4 aliphatic heterocycles. The molecule has 4 aliphatic rings. The number of aromatic nitrogens is 6. The van der Waals surface area contributed by atoms with E-state index in [9.17, 15) is 14.4 Å². The summed E-state index contributed by atoms with van der Waals surface area (Å²) in [6.07, 6.45) is 10.2. The van der Waals surface area contributed by atoms with Crippen molar-refractivity contribution in [1.29, 1.82) is 0 Å². The maximum atomic E-state index is 15.9. The van der Waals surface area contributed by atoms with Crippen molar-refractivity contribution >= 4 is 80.0 Å². The number of amides is 3. The van der Waals surface area contributed by atoms with Gasteiger partial charge in [0.25, 0.3) is 5.91 Å². The maximum absolute atomic E-state index is 15.9. The van der Waals surface area contributed by atoms with Crippen LogP contribution in [0.3, 0.4) is 0 Å². The minimum atomic E-state index is -0.329. The van der Waals surface area contributed by atoms with Crippen molar-refractivity contribution in [3.05, 3.63) is 113 Å². The Bertz CT molecular complexity index is 3100. The summed E-state index contributed by atoms with van der Waals surface area (Å²) in [5, 5.41) is 23.9. The topological polar surface area (TPSA) is 167 Å². The summed E-state index contributed by atoms with van der Waals surface area (Å²) in [5.74, 6) is 0.161. The van der Waals surface area contributed by atoms with Crippen LogP contribution in [0.1, 0.15) is 86.7 Å². The molecule has 0 saturated carbocycles. The van der Waals surface area contributed by atoms with Crippen LogP contribution in [-0.4, -0.2) is 112 Å². The molecular formula is C54H62ClFN13O3+. The Balaban J connectivity index is 0.635. The third-order valence-corrected chi connectivity index (χ3v) is 15.0. The molecule has 0 aliphatic carbocycles. The fraction of sp³-hybridized carbons (Fsp3) is 0.389. The second-order valence-corrected chi connectivity index (χ2v) is 19.5. The van der Waals surface area contributed by atoms with Crippen molar-refractivity contribution in [2.45, 2.75) is 77.2 Å². The molecule has 2 fully saturated rings. The van der Waals surface area contributed by atoms with Gasteiger partial charge in [-0.1, -0.05) is 59.9 Å². The molecule has 0 atom stereocenters. The van der Waals surface area contributed by atoms with E-state index >= 15 is 4.39 Å². The zero-order chi connectivity index (χ0) is 49.8. The van der Waals surface area contributed by atoms with E-state index in [1.807, 2.05) is 41.1 Å². The van der Waals surface area contributed by atoms with Gasteiger partial charge in [-0.3, -0.25) is 19.2 Å². The number of benzene rings is 4. The van der Waals surface area contributed by atoms with Crippen LogP contribution >= 0.6 is 11.6 Å². The second-order valence-electron chi connectivity index (χ2n) is 19.1. The molecule has 4 bridgehead atoms. The summed E-state index contributed by atoms with van der Waals surface area (Å²) < 4.78 is 17.9. The highest BCUT2D eigenvalue weighted by Gasteiger charge is 2.46. The molecule has 3 amide bonds. The van der Waals surface area contributed by atoms with Crippen LogP contribution in [0.5, 0.6) is 0 Å². The summed E-state index contributed by atoms with van der Waals surface area (Å²) in [4.78, 5) is 55.6. The molecule has 4 aromatic carbocycles. The Hall–Kier alpha value is -6.95. The molecule has 16 nitrogen and oxygen atoms in total. The number of piperidine rings is 1. The van der Waals surface area contributed by atoms with Gasteiger partial charge in [-0.2, -0.15) is 10.1 Å². The third-order valence-electron chi connectivity index (χ3n) is 14.7. The van der Waals surface area contributed by atoms with Crippen LogP contribution in [0.2, 0.25) is 5.02 Å². The fourth-order valence-corrected chi connectivity index (χ4v) is 10.9. The molecule has 0 unspecified atom stereocenters. The van der Waals surface area contributed by atoms with Gasteiger partial charge < -0.3 is 26.2 Å². The Kier molecular flexibility index (Phi) is 14.5. The number of nitrogens with one attached hydrogen (secondary N) is 4. The predicted octanol–water partition coefficient (Wildman–Crippen LogP) is 9.03. The van der Waals surface area contributed by atoms with Crippen molar-refractivity contribution in [3.63, 3.8) is 0 Å². The van der Waals surface area contributed by atoms with E-state index < -0.39 is 0 Å². The standard InChI is InChI=1S/C54H61ClFN13O3/c1-3-67-46-15-11-13-40-42-33-47-37(32-44(42)56)34-60-68(47)69(30-22-36(23-31-69)51(64-67)50(40)46)49(71)21-20-48(70)58-24-9-5-4-6-10-25-65-26-28-66(29-27-65)39-18-16-38(17-19-39)61-54-59-35-43(55)52(63-54)62-45-14-8-7-12-41(45)53(72)57-2/h7-8,11-19,32-36H,3-6,9-10,20-31H2,1-2H3,(H3-,57,58,59,61,62,63,70,72)/p+1. The zero-order valence-electron chi connectivity index (χ0n) is 41.0. The van der Waals surface area contributed by atoms with Crippen LogP contribution in [0.25, 0.3) is 32.9 Å². The molecule has 0 radical (unpaired) electrons. The molecule has 2 saturated heterocycles. The van der Waals surface area contributed by atoms with Gasteiger partial charge in [-0.25, -0.2) is 14.2 Å². The van der Waals surface area contributed by atoms with Crippen molar-refractivity contribution in [2.24, 2.45) is 0 Å². The minimum absolute atomic E-state index is 0.0150. The summed E-state index contributed by atoms with van der Waals surface area (Å²) in [6, 6.07) is 24.8. The number of fused-ring (bicyclic) bond motifs is 2. The van der Waals surface area contributed by atoms with Crippen molar-refractivity contribution in [1.82, 2.24) is 49.8 Å². The number of para-hydroxylation sites is 1. The van der Waals surface area contributed by atoms with Crippen molar-refractivity contribution in [2.75, 3.05) is 74.9 Å². The maximum Gasteiger partial charge on any atom is 0.340 e. The molecule has 7 heterocycles. The highest BCUT2D eigenvalue weighted by atomic mass is 35.5. The summed E-state index contributed by atoms with van der Waals surface area (Å²) in [6.45, 7) is 9.41. The van der Waals surface area contributed by atoms with Gasteiger partial charge in [-0.05, 0) is 86.5 Å². The van der Waals surface area contributed by atoms with E-state index in [4.69, 9.17) is 21.8 Å². The quantitative estimate of drug-likeness (QED) is 0.0479. The van der Waals surface area contributed by atoms with Gasteiger partial charge in [-0.15, -0.1) is 9.69 Å². The number of carbonyl (C=O) groups excluding carboxylic acids is 3. The van der Waals surface area contributed by atoms with Crippen LogP contribution in [0.4, 0.5) is 33.2 Å². The van der Waals surface area contributed by atoms with Gasteiger partial charge >= 0.3 is 5.91 Å². The molecule has 11 rings (SSSR count). The van der Waals surface area contributed by atoms with Gasteiger partial charge in [0.2, 0.25) is 11.9 Å².